The Morgan fingerprint density at radius 3 is 2.32 bits per heavy atom. The number of ether oxygens (including phenoxy) is 3. The maximum Gasteiger partial charge on any atom is 0.219 e. The summed E-state index contributed by atoms with van der Waals surface area (Å²) in [7, 11) is 1.00. The lowest BCUT2D eigenvalue weighted by Gasteiger charge is -2.42. The number of unbranched alkanes of at least 4 members (excludes halogenated alkanes) is 1. The van der Waals surface area contributed by atoms with Crippen molar-refractivity contribution in [1.82, 2.24) is 10.6 Å². The second-order valence-electron chi connectivity index (χ2n) is 8.49. The maximum atomic E-state index is 12.0. The molecule has 0 aromatic rings. The Balaban J connectivity index is 0.00000308. The average molecular weight is 651 g/mol. The van der Waals surface area contributed by atoms with E-state index >= 15 is 0 Å². The van der Waals surface area contributed by atoms with Gasteiger partial charge in [0.05, 0.1) is 25.4 Å². The summed E-state index contributed by atoms with van der Waals surface area (Å²) < 4.78 is 22.1. The Labute approximate surface area is 234 Å². The first kappa shape index (κ1) is 36.4. The summed E-state index contributed by atoms with van der Waals surface area (Å²) in [5.41, 5.74) is 0. The highest BCUT2D eigenvalue weighted by Gasteiger charge is 2.45. The molecule has 2 aliphatic rings. The zero-order valence-corrected chi connectivity index (χ0v) is 24.6. The number of nitrogens with one attached hydrogen (secondary N) is 2. The third kappa shape index (κ3) is 14.3. The molecule has 2 saturated heterocycles. The van der Waals surface area contributed by atoms with E-state index in [9.17, 15) is 24.9 Å². The summed E-state index contributed by atoms with van der Waals surface area (Å²) in [6.45, 7) is 6.25. The standard InChI is InChI=1S/C21H37IN2O9.C2H6.CH4O/c1-13(26)24-18-20(29)19(28)16(11-25)33-21(18)30-10-3-2-6-17(27)23-9-4-5-14-7-8-15(32-14)12-31-22;2*1-2/h14-16,18-21,25,28-29H,2-12H2,1H3,(H,23,27)(H,24,26);1-2H3;2H,1H3/t14-,15-,16?,18?,19?,20?,21?;;/m0../s1. The van der Waals surface area contributed by atoms with Crippen molar-refractivity contribution >= 4 is 34.8 Å². The number of rotatable bonds is 14. The van der Waals surface area contributed by atoms with Crippen molar-refractivity contribution in [2.75, 3.05) is 33.5 Å². The van der Waals surface area contributed by atoms with Gasteiger partial charge in [0.15, 0.2) is 6.29 Å². The monoisotopic (exact) mass is 650 g/mol. The lowest BCUT2D eigenvalue weighted by atomic mass is 9.97. The highest BCUT2D eigenvalue weighted by atomic mass is 127. The SMILES string of the molecule is CC.CC(=O)NC1C(OCCCCC(=O)NCCC[C@H]2CC[C@@H](COI)O2)OC(CO)C(O)C1O.CO. The van der Waals surface area contributed by atoms with Crippen molar-refractivity contribution in [3.8, 4) is 0 Å². The number of carbonyl (C=O) groups is 2. The second kappa shape index (κ2) is 22.2. The molecular weight excluding hydrogens is 603 g/mol. The first-order valence-electron chi connectivity index (χ1n) is 13.0. The van der Waals surface area contributed by atoms with Gasteiger partial charge in [0.25, 0.3) is 0 Å². The third-order valence-corrected chi connectivity index (χ3v) is 6.16. The Kier molecular flexibility index (Phi) is 21.8. The van der Waals surface area contributed by atoms with Crippen molar-refractivity contribution < 1.29 is 47.3 Å². The van der Waals surface area contributed by atoms with Gasteiger partial charge < -0.3 is 48.3 Å². The van der Waals surface area contributed by atoms with Gasteiger partial charge in [-0.05, 0) is 38.5 Å². The summed E-state index contributed by atoms with van der Waals surface area (Å²) in [4.78, 5) is 23.4. The zero-order chi connectivity index (χ0) is 28.2. The fourth-order valence-electron chi connectivity index (χ4n) is 4.03. The van der Waals surface area contributed by atoms with Crippen LogP contribution >= 0.6 is 23.0 Å². The van der Waals surface area contributed by atoms with Crippen LogP contribution in [0.3, 0.4) is 0 Å². The molecule has 12 nitrogen and oxygen atoms in total. The van der Waals surface area contributed by atoms with Crippen molar-refractivity contribution in [3.05, 3.63) is 0 Å². The molecule has 0 aliphatic carbocycles. The summed E-state index contributed by atoms with van der Waals surface area (Å²) in [6, 6.07) is -0.961. The minimum atomic E-state index is -1.35. The largest absolute Gasteiger partial charge is 0.400 e. The van der Waals surface area contributed by atoms with E-state index in [1.54, 1.807) is 0 Å². The van der Waals surface area contributed by atoms with Crippen LogP contribution in [0.15, 0.2) is 0 Å². The topological polar surface area (TPSA) is 176 Å². The van der Waals surface area contributed by atoms with Crippen LogP contribution in [0.1, 0.15) is 65.7 Å². The van der Waals surface area contributed by atoms with E-state index in [4.69, 9.17) is 22.4 Å². The van der Waals surface area contributed by atoms with Crippen LogP contribution in [-0.4, -0.2) is 109 Å². The summed E-state index contributed by atoms with van der Waals surface area (Å²) >= 11 is 1.88. The van der Waals surface area contributed by atoms with Crippen LogP contribution < -0.4 is 10.6 Å². The normalized spacial score (nSPS) is 28.8. The number of aliphatic hydroxyl groups is 4. The van der Waals surface area contributed by atoms with E-state index in [2.05, 4.69) is 10.6 Å². The average Bonchev–Trinajstić information content (AvgIpc) is 3.35. The van der Waals surface area contributed by atoms with Gasteiger partial charge >= 0.3 is 0 Å². The number of amides is 2. The highest BCUT2D eigenvalue weighted by Crippen LogP contribution is 2.24. The van der Waals surface area contributed by atoms with Crippen molar-refractivity contribution in [1.29, 1.82) is 0 Å². The third-order valence-electron chi connectivity index (χ3n) is 5.80. The van der Waals surface area contributed by atoms with Gasteiger partial charge in [-0.25, -0.2) is 0 Å². The number of carbonyl (C=O) groups excluding carboxylic acids is 2. The molecule has 2 amide bonds. The molecule has 13 heteroatoms. The molecule has 2 fully saturated rings. The van der Waals surface area contributed by atoms with E-state index in [-0.39, 0.29) is 24.7 Å². The predicted octanol–water partition coefficient (Wildman–Crippen LogP) is 0.562. The number of hydrogen-bond acceptors (Lipinski definition) is 10. The van der Waals surface area contributed by atoms with Crippen LogP contribution in [0.25, 0.3) is 0 Å². The summed E-state index contributed by atoms with van der Waals surface area (Å²) in [5.74, 6) is -0.431. The highest BCUT2D eigenvalue weighted by molar-refractivity contribution is 14.1. The van der Waals surface area contributed by atoms with Gasteiger partial charge in [0.1, 0.15) is 47.4 Å². The first-order chi connectivity index (χ1) is 17.8. The van der Waals surface area contributed by atoms with Crippen LogP contribution in [0, 0.1) is 0 Å². The zero-order valence-electron chi connectivity index (χ0n) is 22.4. The second-order valence-corrected chi connectivity index (χ2v) is 9.11. The number of hydrogen-bond donors (Lipinski definition) is 6. The van der Waals surface area contributed by atoms with Crippen LogP contribution in [0.4, 0.5) is 0 Å². The first-order valence-corrected chi connectivity index (χ1v) is 13.8. The Bertz CT molecular complexity index is 604. The molecule has 0 aromatic carbocycles. The molecule has 5 unspecified atom stereocenters. The molecule has 220 valence electrons. The minimum absolute atomic E-state index is 0.0255. The predicted molar refractivity (Wildman–Crippen MR) is 145 cm³/mol. The van der Waals surface area contributed by atoms with Crippen LogP contribution in [-0.2, 0) is 26.9 Å². The molecule has 0 radical (unpaired) electrons. The van der Waals surface area contributed by atoms with Crippen molar-refractivity contribution in [2.45, 2.75) is 109 Å². The fourth-order valence-corrected chi connectivity index (χ4v) is 4.43. The molecule has 7 atom stereocenters. The van der Waals surface area contributed by atoms with E-state index < -0.39 is 43.2 Å². The van der Waals surface area contributed by atoms with Gasteiger partial charge in [-0.1, -0.05) is 13.8 Å². The van der Waals surface area contributed by atoms with E-state index in [0.29, 0.717) is 32.4 Å². The molecule has 2 heterocycles. The maximum absolute atomic E-state index is 12.0. The van der Waals surface area contributed by atoms with Crippen molar-refractivity contribution in [3.63, 3.8) is 0 Å². The van der Waals surface area contributed by atoms with Gasteiger partial charge in [-0.2, -0.15) is 0 Å². The lowest BCUT2D eigenvalue weighted by molar-refractivity contribution is -0.270. The minimum Gasteiger partial charge on any atom is -0.400 e. The van der Waals surface area contributed by atoms with Crippen LogP contribution in [0.2, 0.25) is 0 Å². The van der Waals surface area contributed by atoms with Gasteiger partial charge in [-0.3, -0.25) is 9.59 Å². The van der Waals surface area contributed by atoms with Gasteiger partial charge in [-0.15, -0.1) is 0 Å². The molecular formula is C24H47IN2O10. The van der Waals surface area contributed by atoms with Crippen molar-refractivity contribution in [2.24, 2.45) is 0 Å². The number of aliphatic hydroxyl groups excluding tert-OH is 4. The van der Waals surface area contributed by atoms with Gasteiger partial charge in [0.2, 0.25) is 11.8 Å². The summed E-state index contributed by atoms with van der Waals surface area (Å²) in [6.07, 6.45) is 1.06. The Hall–Kier alpha value is -0.650. The molecule has 0 bridgehead atoms. The lowest BCUT2D eigenvalue weighted by Crippen LogP contribution is -2.64. The molecule has 37 heavy (non-hydrogen) atoms. The smallest absolute Gasteiger partial charge is 0.219 e. The quantitative estimate of drug-likeness (QED) is 0.115. The van der Waals surface area contributed by atoms with Crippen LogP contribution in [0.5, 0.6) is 0 Å². The number of halogens is 1. The fraction of sp³-hybridized carbons (Fsp3) is 0.917. The molecule has 0 saturated carbocycles. The van der Waals surface area contributed by atoms with E-state index in [1.807, 2.05) is 36.9 Å². The van der Waals surface area contributed by atoms with E-state index in [0.717, 1.165) is 32.8 Å². The Morgan fingerprint density at radius 2 is 1.70 bits per heavy atom. The molecule has 2 rings (SSSR count). The summed E-state index contributed by atoms with van der Waals surface area (Å²) in [5, 5.41) is 42.0. The molecule has 2 aliphatic heterocycles. The molecule has 0 aromatic heterocycles. The molecule has 6 N–H and O–H groups in total. The Morgan fingerprint density at radius 1 is 1.03 bits per heavy atom. The van der Waals surface area contributed by atoms with Gasteiger partial charge in [0, 0.05) is 33.6 Å². The van der Waals surface area contributed by atoms with E-state index in [1.165, 1.54) is 6.92 Å². The molecule has 0 spiro atoms.